The van der Waals surface area contributed by atoms with E-state index < -0.39 is 0 Å². The third-order valence-corrected chi connectivity index (χ3v) is 3.81. The Balaban J connectivity index is 2.13. The molecular formula is C14H14Br2N2O. The van der Waals surface area contributed by atoms with E-state index in [9.17, 15) is 0 Å². The van der Waals surface area contributed by atoms with Crippen LogP contribution in [0.25, 0.3) is 0 Å². The molecule has 5 heteroatoms. The van der Waals surface area contributed by atoms with E-state index in [1.807, 2.05) is 30.3 Å². The number of aromatic nitrogens is 1. The van der Waals surface area contributed by atoms with Crippen LogP contribution in [0.5, 0.6) is 5.75 Å². The molecule has 2 aromatic rings. The van der Waals surface area contributed by atoms with Gasteiger partial charge in [0.2, 0.25) is 0 Å². The van der Waals surface area contributed by atoms with Gasteiger partial charge < -0.3 is 10.1 Å². The van der Waals surface area contributed by atoms with Crippen molar-refractivity contribution in [3.8, 4) is 5.75 Å². The van der Waals surface area contributed by atoms with Gasteiger partial charge in [-0.3, -0.25) is 0 Å². The number of hydrogen-bond donors (Lipinski definition) is 1. The number of halogens is 2. The number of pyridine rings is 1. The molecule has 1 aromatic heterocycles. The lowest BCUT2D eigenvalue weighted by Gasteiger charge is -2.16. The maximum Gasteiger partial charge on any atom is 0.140 e. The zero-order valence-corrected chi connectivity index (χ0v) is 13.8. The van der Waals surface area contributed by atoms with E-state index in [1.54, 1.807) is 13.3 Å². The van der Waals surface area contributed by atoms with Crippen LogP contribution < -0.4 is 10.1 Å². The molecule has 2 rings (SSSR count). The summed E-state index contributed by atoms with van der Waals surface area (Å²) in [5.74, 6) is 1.69. The van der Waals surface area contributed by atoms with Gasteiger partial charge in [0.15, 0.2) is 0 Å². The van der Waals surface area contributed by atoms with Gasteiger partial charge in [-0.15, -0.1) is 0 Å². The molecule has 0 fully saturated rings. The molecule has 0 aliphatic heterocycles. The summed E-state index contributed by atoms with van der Waals surface area (Å²) in [6.45, 7) is 2.10. The number of rotatable bonds is 4. The van der Waals surface area contributed by atoms with Crippen LogP contribution in [0.4, 0.5) is 5.82 Å². The molecule has 0 amide bonds. The number of nitrogens with one attached hydrogen (secondary N) is 1. The lowest BCUT2D eigenvalue weighted by Crippen LogP contribution is -2.08. The summed E-state index contributed by atoms with van der Waals surface area (Å²) >= 11 is 6.89. The summed E-state index contributed by atoms with van der Waals surface area (Å²) in [4.78, 5) is 4.35. The van der Waals surface area contributed by atoms with Crippen molar-refractivity contribution >= 4 is 37.7 Å². The Morgan fingerprint density at radius 2 is 1.89 bits per heavy atom. The predicted octanol–water partition coefficient (Wildman–Crippen LogP) is 4.79. The Morgan fingerprint density at radius 3 is 2.47 bits per heavy atom. The lowest BCUT2D eigenvalue weighted by molar-refractivity contribution is 0.414. The van der Waals surface area contributed by atoms with Gasteiger partial charge in [0.05, 0.1) is 11.6 Å². The molecule has 0 saturated carbocycles. The van der Waals surface area contributed by atoms with Crippen molar-refractivity contribution in [3.05, 3.63) is 51.0 Å². The average molecular weight is 386 g/mol. The molecule has 1 atom stereocenters. The van der Waals surface area contributed by atoms with Crippen LogP contribution in [0, 0.1) is 0 Å². The van der Waals surface area contributed by atoms with Crippen molar-refractivity contribution in [2.75, 3.05) is 12.4 Å². The van der Waals surface area contributed by atoms with Crippen molar-refractivity contribution in [3.63, 3.8) is 0 Å². The van der Waals surface area contributed by atoms with Gasteiger partial charge in [-0.05, 0) is 62.5 Å². The van der Waals surface area contributed by atoms with Gasteiger partial charge in [0, 0.05) is 16.7 Å². The molecule has 0 spiro atoms. The minimum Gasteiger partial charge on any atom is -0.497 e. The van der Waals surface area contributed by atoms with Crippen molar-refractivity contribution < 1.29 is 4.74 Å². The van der Waals surface area contributed by atoms with Crippen LogP contribution in [0.15, 0.2) is 45.5 Å². The second-order valence-electron chi connectivity index (χ2n) is 4.12. The second kappa shape index (κ2) is 6.39. The summed E-state index contributed by atoms with van der Waals surface area (Å²) in [5, 5.41) is 3.37. The van der Waals surface area contributed by atoms with Crippen LogP contribution in [0.3, 0.4) is 0 Å². The molecule has 0 radical (unpaired) electrons. The van der Waals surface area contributed by atoms with Gasteiger partial charge in [0.25, 0.3) is 0 Å². The van der Waals surface area contributed by atoms with Gasteiger partial charge in [-0.25, -0.2) is 4.98 Å². The fraction of sp³-hybridized carbons (Fsp3) is 0.214. The van der Waals surface area contributed by atoms with Crippen molar-refractivity contribution in [1.82, 2.24) is 4.98 Å². The molecule has 0 bridgehead atoms. The van der Waals surface area contributed by atoms with Crippen LogP contribution >= 0.6 is 31.9 Å². The molecule has 0 saturated heterocycles. The van der Waals surface area contributed by atoms with E-state index in [1.165, 1.54) is 5.56 Å². The number of hydrogen-bond acceptors (Lipinski definition) is 3. The highest BCUT2D eigenvalue weighted by molar-refractivity contribution is 9.11. The van der Waals surface area contributed by atoms with Gasteiger partial charge in [-0.1, -0.05) is 12.1 Å². The van der Waals surface area contributed by atoms with Crippen molar-refractivity contribution in [2.45, 2.75) is 13.0 Å². The minimum atomic E-state index is 0.163. The first kappa shape index (κ1) is 14.3. The number of anilines is 1. The highest BCUT2D eigenvalue weighted by Crippen LogP contribution is 2.27. The van der Waals surface area contributed by atoms with E-state index in [0.29, 0.717) is 0 Å². The molecule has 3 nitrogen and oxygen atoms in total. The normalized spacial score (nSPS) is 12.0. The van der Waals surface area contributed by atoms with Crippen LogP contribution in [0.1, 0.15) is 18.5 Å². The number of ether oxygens (including phenoxy) is 1. The van der Waals surface area contributed by atoms with Gasteiger partial charge in [-0.2, -0.15) is 0 Å². The molecule has 100 valence electrons. The van der Waals surface area contributed by atoms with Crippen molar-refractivity contribution in [2.24, 2.45) is 0 Å². The van der Waals surface area contributed by atoms with Gasteiger partial charge in [0.1, 0.15) is 11.6 Å². The monoisotopic (exact) mass is 384 g/mol. The first-order chi connectivity index (χ1) is 9.10. The Hall–Kier alpha value is -1.07. The molecular weight excluding hydrogens is 372 g/mol. The molecule has 0 aliphatic carbocycles. The number of benzene rings is 1. The molecule has 1 aromatic carbocycles. The molecule has 19 heavy (non-hydrogen) atoms. The Morgan fingerprint density at radius 1 is 1.21 bits per heavy atom. The summed E-state index contributed by atoms with van der Waals surface area (Å²) in [6.07, 6.45) is 1.77. The van der Waals surface area contributed by atoms with Crippen molar-refractivity contribution in [1.29, 1.82) is 0 Å². The lowest BCUT2D eigenvalue weighted by atomic mass is 10.1. The summed E-state index contributed by atoms with van der Waals surface area (Å²) in [5.41, 5.74) is 1.18. The SMILES string of the molecule is COc1ccc(C(C)Nc2ncc(Br)cc2Br)cc1. The van der Waals surface area contributed by atoms with Crippen LogP contribution in [-0.2, 0) is 0 Å². The summed E-state index contributed by atoms with van der Waals surface area (Å²) < 4.78 is 7.03. The average Bonchev–Trinajstić information content (AvgIpc) is 2.42. The Bertz CT molecular complexity index is 558. The summed E-state index contributed by atoms with van der Waals surface area (Å²) in [7, 11) is 1.67. The molecule has 0 aliphatic rings. The van der Waals surface area contributed by atoms with E-state index >= 15 is 0 Å². The third kappa shape index (κ3) is 3.70. The Kier molecular flexibility index (Phi) is 4.82. The quantitative estimate of drug-likeness (QED) is 0.821. The van der Waals surface area contributed by atoms with Crippen LogP contribution in [0.2, 0.25) is 0 Å². The topological polar surface area (TPSA) is 34.1 Å². The third-order valence-electron chi connectivity index (χ3n) is 2.78. The molecule has 1 unspecified atom stereocenters. The molecule has 1 N–H and O–H groups in total. The van der Waals surface area contributed by atoms with E-state index in [0.717, 1.165) is 20.5 Å². The zero-order chi connectivity index (χ0) is 13.8. The van der Waals surface area contributed by atoms with E-state index in [2.05, 4.69) is 49.1 Å². The maximum atomic E-state index is 5.15. The fourth-order valence-corrected chi connectivity index (χ4v) is 2.80. The fourth-order valence-electron chi connectivity index (χ4n) is 1.70. The Labute approximate surface area is 129 Å². The smallest absolute Gasteiger partial charge is 0.140 e. The highest BCUT2D eigenvalue weighted by atomic mass is 79.9. The standard InChI is InChI=1S/C14H14Br2N2O/c1-9(10-3-5-12(19-2)6-4-10)18-14-13(16)7-11(15)8-17-14/h3-9H,1-2H3,(H,17,18). The second-order valence-corrected chi connectivity index (χ2v) is 5.89. The highest BCUT2D eigenvalue weighted by Gasteiger charge is 2.09. The minimum absolute atomic E-state index is 0.163. The predicted molar refractivity (Wildman–Crippen MR) is 84.7 cm³/mol. The first-order valence-corrected chi connectivity index (χ1v) is 7.40. The zero-order valence-electron chi connectivity index (χ0n) is 10.7. The largest absolute Gasteiger partial charge is 0.497 e. The number of nitrogens with zero attached hydrogens (tertiary/aromatic N) is 1. The first-order valence-electron chi connectivity index (χ1n) is 5.81. The van der Waals surface area contributed by atoms with Gasteiger partial charge >= 0.3 is 0 Å². The van der Waals surface area contributed by atoms with E-state index in [-0.39, 0.29) is 6.04 Å². The summed E-state index contributed by atoms with van der Waals surface area (Å²) in [6, 6.07) is 10.1. The maximum absolute atomic E-state index is 5.15. The number of methoxy groups -OCH3 is 1. The molecule has 1 heterocycles. The van der Waals surface area contributed by atoms with E-state index in [4.69, 9.17) is 4.74 Å². The van der Waals surface area contributed by atoms with Crippen LogP contribution in [-0.4, -0.2) is 12.1 Å².